The molecule has 0 spiro atoms. The number of hydrogen-bond acceptors (Lipinski definition) is 4. The number of benzene rings is 2. The summed E-state index contributed by atoms with van der Waals surface area (Å²) in [5.74, 6) is -0.434. The molecule has 4 nitrogen and oxygen atoms in total. The molecule has 5 heteroatoms. The quantitative estimate of drug-likeness (QED) is 0.758. The number of aliphatic hydroxyl groups excluding tert-OH is 2. The van der Waals surface area contributed by atoms with Crippen molar-refractivity contribution in [1.29, 1.82) is 0 Å². The Hall–Kier alpha value is -2.34. The van der Waals surface area contributed by atoms with E-state index in [0.717, 1.165) is 22.0 Å². The molecule has 0 radical (unpaired) electrons. The van der Waals surface area contributed by atoms with Crippen LogP contribution in [0.25, 0.3) is 10.9 Å². The zero-order valence-electron chi connectivity index (χ0n) is 14.3. The van der Waals surface area contributed by atoms with Crippen LogP contribution in [-0.2, 0) is 6.54 Å². The Bertz CT molecular complexity index is 900. The summed E-state index contributed by atoms with van der Waals surface area (Å²) in [6.45, 7) is 1.13. The van der Waals surface area contributed by atoms with Gasteiger partial charge in [-0.15, -0.1) is 0 Å². The third kappa shape index (κ3) is 3.21. The Morgan fingerprint density at radius 3 is 2.69 bits per heavy atom. The highest BCUT2D eigenvalue weighted by Crippen LogP contribution is 2.33. The zero-order chi connectivity index (χ0) is 18.1. The van der Waals surface area contributed by atoms with Gasteiger partial charge in [0.05, 0.1) is 24.3 Å². The molecule has 2 N–H and O–H groups in total. The van der Waals surface area contributed by atoms with Crippen LogP contribution in [0.4, 0.5) is 4.39 Å². The molecule has 1 aromatic heterocycles. The Kier molecular flexibility index (Phi) is 4.68. The maximum Gasteiger partial charge on any atom is 0.123 e. The van der Waals surface area contributed by atoms with Crippen molar-refractivity contribution >= 4 is 10.9 Å². The van der Waals surface area contributed by atoms with Crippen molar-refractivity contribution < 1.29 is 14.6 Å². The standard InChI is InChI=1S/C21H21FN2O2/c22-17-6-4-15(5-7-17)18-12-24(20(13-25)21(18)26)11-14-3-8-19-16(10-14)2-1-9-23-19/h1-10,18,20-21,25-26H,11-13H2/t18-,20-,21-/m1/s1. The molecule has 0 unspecified atom stereocenters. The van der Waals surface area contributed by atoms with Gasteiger partial charge in [-0.3, -0.25) is 9.88 Å². The molecule has 0 amide bonds. The van der Waals surface area contributed by atoms with E-state index in [2.05, 4.69) is 16.0 Å². The molecule has 1 fully saturated rings. The molecule has 1 aliphatic rings. The van der Waals surface area contributed by atoms with Gasteiger partial charge in [-0.2, -0.15) is 0 Å². The number of aliphatic hydroxyl groups is 2. The van der Waals surface area contributed by atoms with E-state index in [1.165, 1.54) is 12.1 Å². The summed E-state index contributed by atoms with van der Waals surface area (Å²) in [5.41, 5.74) is 2.94. The number of fused-ring (bicyclic) bond motifs is 1. The lowest BCUT2D eigenvalue weighted by molar-refractivity contribution is 0.0641. The average molecular weight is 352 g/mol. The van der Waals surface area contributed by atoms with Crippen molar-refractivity contribution in [3.8, 4) is 0 Å². The van der Waals surface area contributed by atoms with Crippen molar-refractivity contribution in [2.24, 2.45) is 0 Å². The molecule has 1 aliphatic heterocycles. The topological polar surface area (TPSA) is 56.6 Å². The lowest BCUT2D eigenvalue weighted by Gasteiger charge is -2.24. The van der Waals surface area contributed by atoms with Crippen LogP contribution >= 0.6 is 0 Å². The third-order valence-corrected chi connectivity index (χ3v) is 5.24. The van der Waals surface area contributed by atoms with Crippen molar-refractivity contribution in [2.75, 3.05) is 13.2 Å². The molecule has 0 bridgehead atoms. The monoisotopic (exact) mass is 352 g/mol. The highest BCUT2D eigenvalue weighted by molar-refractivity contribution is 5.78. The minimum absolute atomic E-state index is 0.117. The van der Waals surface area contributed by atoms with E-state index in [4.69, 9.17) is 0 Å². The predicted molar refractivity (Wildman–Crippen MR) is 98.2 cm³/mol. The van der Waals surface area contributed by atoms with Gasteiger partial charge in [0.15, 0.2) is 0 Å². The summed E-state index contributed by atoms with van der Waals surface area (Å²) >= 11 is 0. The van der Waals surface area contributed by atoms with E-state index in [1.807, 2.05) is 24.3 Å². The summed E-state index contributed by atoms with van der Waals surface area (Å²) < 4.78 is 13.2. The molecular formula is C21H21FN2O2. The fraction of sp³-hybridized carbons (Fsp3) is 0.286. The number of halogens is 1. The molecule has 0 aliphatic carbocycles. The van der Waals surface area contributed by atoms with E-state index < -0.39 is 6.10 Å². The van der Waals surface area contributed by atoms with Crippen LogP contribution in [0, 0.1) is 5.82 Å². The van der Waals surface area contributed by atoms with E-state index in [1.54, 1.807) is 18.3 Å². The van der Waals surface area contributed by atoms with Crippen LogP contribution in [0.3, 0.4) is 0 Å². The third-order valence-electron chi connectivity index (χ3n) is 5.24. The van der Waals surface area contributed by atoms with E-state index in [0.29, 0.717) is 13.1 Å². The number of likely N-dealkylation sites (tertiary alicyclic amines) is 1. The summed E-state index contributed by atoms with van der Waals surface area (Å²) in [7, 11) is 0. The zero-order valence-corrected chi connectivity index (χ0v) is 14.3. The number of nitrogens with zero attached hydrogens (tertiary/aromatic N) is 2. The van der Waals surface area contributed by atoms with Crippen molar-refractivity contribution in [1.82, 2.24) is 9.88 Å². The largest absolute Gasteiger partial charge is 0.395 e. The first-order chi connectivity index (χ1) is 12.7. The van der Waals surface area contributed by atoms with Crippen LogP contribution in [0.15, 0.2) is 60.8 Å². The second-order valence-electron chi connectivity index (χ2n) is 6.86. The molecule has 2 aromatic carbocycles. The predicted octanol–water partition coefficient (Wildman–Crippen LogP) is 2.70. The van der Waals surface area contributed by atoms with Gasteiger partial charge in [0, 0.05) is 30.6 Å². The summed E-state index contributed by atoms with van der Waals surface area (Å²) in [5, 5.41) is 21.5. The Morgan fingerprint density at radius 2 is 1.92 bits per heavy atom. The van der Waals surface area contributed by atoms with Gasteiger partial charge in [-0.1, -0.05) is 24.3 Å². The van der Waals surface area contributed by atoms with Crippen molar-refractivity contribution in [3.05, 3.63) is 77.7 Å². The summed E-state index contributed by atoms with van der Waals surface area (Å²) in [6, 6.07) is 15.9. The second-order valence-corrected chi connectivity index (χ2v) is 6.86. The number of aromatic nitrogens is 1. The van der Waals surface area contributed by atoms with Crippen molar-refractivity contribution in [2.45, 2.75) is 24.6 Å². The normalized spacial score (nSPS) is 23.6. The van der Waals surface area contributed by atoms with Crippen molar-refractivity contribution in [3.63, 3.8) is 0 Å². The maximum atomic E-state index is 13.2. The number of rotatable bonds is 4. The molecule has 26 heavy (non-hydrogen) atoms. The van der Waals surface area contributed by atoms with Gasteiger partial charge in [-0.05, 0) is 41.5 Å². The summed E-state index contributed by atoms with van der Waals surface area (Å²) in [4.78, 5) is 6.43. The van der Waals surface area contributed by atoms with Gasteiger partial charge in [-0.25, -0.2) is 4.39 Å². The SMILES string of the molecule is OC[C@@H]1[C@H](O)[C@@H](c2ccc(F)cc2)CN1Cc1ccc2ncccc2c1. The smallest absolute Gasteiger partial charge is 0.123 e. The van der Waals surface area contributed by atoms with Gasteiger partial charge in [0.25, 0.3) is 0 Å². The Morgan fingerprint density at radius 1 is 1.12 bits per heavy atom. The molecule has 3 aromatic rings. The number of hydrogen-bond donors (Lipinski definition) is 2. The van der Waals surface area contributed by atoms with Crippen LogP contribution in [0.1, 0.15) is 17.0 Å². The van der Waals surface area contributed by atoms with E-state index in [-0.39, 0.29) is 24.4 Å². The van der Waals surface area contributed by atoms with E-state index in [9.17, 15) is 14.6 Å². The molecule has 3 atom stereocenters. The van der Waals surface area contributed by atoms with Gasteiger partial charge in [0.2, 0.25) is 0 Å². The lowest BCUT2D eigenvalue weighted by atomic mass is 9.94. The van der Waals surface area contributed by atoms with Crippen LogP contribution in [0.2, 0.25) is 0 Å². The maximum absolute atomic E-state index is 13.2. The fourth-order valence-corrected chi connectivity index (χ4v) is 3.86. The molecule has 134 valence electrons. The van der Waals surface area contributed by atoms with E-state index >= 15 is 0 Å². The molecular weight excluding hydrogens is 331 g/mol. The first-order valence-corrected chi connectivity index (χ1v) is 8.78. The van der Waals surface area contributed by atoms with Crippen LogP contribution in [0.5, 0.6) is 0 Å². The second kappa shape index (κ2) is 7.11. The first-order valence-electron chi connectivity index (χ1n) is 8.78. The first kappa shape index (κ1) is 17.1. The molecule has 1 saturated heterocycles. The fourth-order valence-electron chi connectivity index (χ4n) is 3.86. The summed E-state index contributed by atoms with van der Waals surface area (Å²) in [6.07, 6.45) is 1.08. The van der Waals surface area contributed by atoms with Gasteiger partial charge in [0.1, 0.15) is 5.82 Å². The Balaban J connectivity index is 1.57. The molecule has 2 heterocycles. The lowest BCUT2D eigenvalue weighted by Crippen LogP contribution is -2.38. The average Bonchev–Trinajstić information content (AvgIpc) is 2.97. The highest BCUT2D eigenvalue weighted by atomic mass is 19.1. The van der Waals surface area contributed by atoms with Crippen LogP contribution in [-0.4, -0.2) is 45.4 Å². The van der Waals surface area contributed by atoms with Gasteiger partial charge < -0.3 is 10.2 Å². The minimum Gasteiger partial charge on any atom is -0.395 e. The van der Waals surface area contributed by atoms with Crippen LogP contribution < -0.4 is 0 Å². The van der Waals surface area contributed by atoms with Gasteiger partial charge >= 0.3 is 0 Å². The molecule has 4 rings (SSSR count). The highest BCUT2D eigenvalue weighted by Gasteiger charge is 2.40. The molecule has 0 saturated carbocycles. The minimum atomic E-state index is -0.687. The Labute approximate surface area is 151 Å². The number of pyridine rings is 1.